The topological polar surface area (TPSA) is 76.1 Å². The highest BCUT2D eigenvalue weighted by Gasteiger charge is 2.32. The van der Waals surface area contributed by atoms with Gasteiger partial charge in [0.1, 0.15) is 0 Å². The van der Waals surface area contributed by atoms with E-state index in [-0.39, 0.29) is 11.5 Å². The largest absolute Gasteiger partial charge is 0.493 e. The lowest BCUT2D eigenvalue weighted by Crippen LogP contribution is -2.26. The van der Waals surface area contributed by atoms with E-state index in [1.807, 2.05) is 18.2 Å². The number of carbonyl (C=O) groups excluding carboxylic acids is 1. The number of hydrogen-bond acceptors (Lipinski definition) is 4. The van der Waals surface area contributed by atoms with E-state index in [1.54, 1.807) is 69.7 Å². The molecule has 1 N–H and O–H groups in total. The van der Waals surface area contributed by atoms with Gasteiger partial charge in [0.25, 0.3) is 5.91 Å². The number of aromatic carboxylic acids is 1. The van der Waals surface area contributed by atoms with Gasteiger partial charge in [0, 0.05) is 10.6 Å². The first-order valence-electron chi connectivity index (χ1n) is 10.4. The van der Waals surface area contributed by atoms with Crippen LogP contribution in [0.3, 0.4) is 0 Å². The average molecular weight is 476 g/mol. The second-order valence-corrected chi connectivity index (χ2v) is 8.08. The van der Waals surface area contributed by atoms with Crippen LogP contribution in [-0.4, -0.2) is 31.2 Å². The Labute approximate surface area is 202 Å². The van der Waals surface area contributed by atoms with Crippen molar-refractivity contribution in [1.82, 2.24) is 0 Å². The lowest BCUT2D eigenvalue weighted by Gasteiger charge is -2.23. The molecule has 34 heavy (non-hydrogen) atoms. The number of carboxylic acid groups (broad SMARTS) is 1. The van der Waals surface area contributed by atoms with E-state index < -0.39 is 5.97 Å². The highest BCUT2D eigenvalue weighted by Crippen LogP contribution is 2.38. The summed E-state index contributed by atoms with van der Waals surface area (Å²) in [6.07, 6.45) is 3.55. The molecule has 1 aliphatic rings. The summed E-state index contributed by atoms with van der Waals surface area (Å²) in [5.74, 6) is -0.192. The molecule has 0 saturated heterocycles. The third-order valence-corrected chi connectivity index (χ3v) is 5.88. The van der Waals surface area contributed by atoms with Crippen molar-refractivity contribution in [2.24, 2.45) is 0 Å². The molecule has 6 nitrogen and oxygen atoms in total. The standard InChI is InChI=1S/C27H22ClNO5/c1-16-21(27(31)32)5-4-6-22(16)29-23(18-8-10-20(28)11-9-18)15-19(26(29)30)13-17-7-12-24(33-2)25(14-17)34-3/h4-15H,1-3H3,(H,31,32)/b19-13+. The van der Waals surface area contributed by atoms with Gasteiger partial charge in [0.05, 0.1) is 31.2 Å². The number of nitrogens with zero attached hydrogens (tertiary/aromatic N) is 1. The average Bonchev–Trinajstić information content (AvgIpc) is 3.15. The summed E-state index contributed by atoms with van der Waals surface area (Å²) in [6.45, 7) is 1.70. The predicted molar refractivity (Wildman–Crippen MR) is 133 cm³/mol. The molecular formula is C27H22ClNO5. The minimum atomic E-state index is -1.05. The van der Waals surface area contributed by atoms with E-state index in [9.17, 15) is 14.7 Å². The SMILES string of the molecule is COc1ccc(/C=C2\C=C(c3ccc(Cl)cc3)N(c3cccc(C(=O)O)c3C)C2=O)cc1OC. The smallest absolute Gasteiger partial charge is 0.336 e. The van der Waals surface area contributed by atoms with Gasteiger partial charge in [-0.05, 0) is 72.2 Å². The molecule has 0 spiro atoms. The molecule has 0 unspecified atom stereocenters. The Morgan fingerprint density at radius 1 is 1.00 bits per heavy atom. The third-order valence-electron chi connectivity index (χ3n) is 5.63. The van der Waals surface area contributed by atoms with Gasteiger partial charge >= 0.3 is 5.97 Å². The first-order valence-corrected chi connectivity index (χ1v) is 10.8. The first-order chi connectivity index (χ1) is 16.3. The fourth-order valence-corrected chi connectivity index (χ4v) is 4.03. The highest BCUT2D eigenvalue weighted by molar-refractivity contribution is 6.30. The van der Waals surface area contributed by atoms with Crippen LogP contribution >= 0.6 is 11.6 Å². The summed E-state index contributed by atoms with van der Waals surface area (Å²) in [5, 5.41) is 10.2. The van der Waals surface area contributed by atoms with Crippen molar-refractivity contribution >= 4 is 40.9 Å². The van der Waals surface area contributed by atoms with Gasteiger partial charge in [-0.15, -0.1) is 0 Å². The number of anilines is 1. The van der Waals surface area contributed by atoms with Crippen molar-refractivity contribution in [3.8, 4) is 11.5 Å². The van der Waals surface area contributed by atoms with Crippen LogP contribution in [-0.2, 0) is 4.79 Å². The van der Waals surface area contributed by atoms with Crippen molar-refractivity contribution < 1.29 is 24.2 Å². The molecule has 1 aliphatic heterocycles. The monoisotopic (exact) mass is 475 g/mol. The van der Waals surface area contributed by atoms with Gasteiger partial charge in [-0.1, -0.05) is 35.9 Å². The Morgan fingerprint density at radius 2 is 1.71 bits per heavy atom. The van der Waals surface area contributed by atoms with E-state index in [0.29, 0.717) is 39.0 Å². The van der Waals surface area contributed by atoms with E-state index in [4.69, 9.17) is 21.1 Å². The van der Waals surface area contributed by atoms with Crippen LogP contribution in [0.1, 0.15) is 27.0 Å². The second-order valence-electron chi connectivity index (χ2n) is 7.65. The number of amides is 1. The Kier molecular flexibility index (Phi) is 6.43. The Bertz CT molecular complexity index is 1340. The molecule has 0 radical (unpaired) electrons. The van der Waals surface area contributed by atoms with Gasteiger partial charge in [-0.25, -0.2) is 4.79 Å². The molecule has 0 bridgehead atoms. The van der Waals surface area contributed by atoms with Gasteiger partial charge in [0.15, 0.2) is 11.5 Å². The van der Waals surface area contributed by atoms with Crippen LogP contribution in [0.15, 0.2) is 72.3 Å². The fourth-order valence-electron chi connectivity index (χ4n) is 3.91. The second kappa shape index (κ2) is 9.45. The molecule has 3 aromatic carbocycles. The van der Waals surface area contributed by atoms with Crippen LogP contribution in [0, 0.1) is 6.92 Å². The van der Waals surface area contributed by atoms with Crippen LogP contribution in [0.5, 0.6) is 11.5 Å². The van der Waals surface area contributed by atoms with E-state index >= 15 is 0 Å². The highest BCUT2D eigenvalue weighted by atomic mass is 35.5. The third kappa shape index (κ3) is 4.28. The van der Waals surface area contributed by atoms with Crippen LogP contribution in [0.25, 0.3) is 11.8 Å². The zero-order valence-corrected chi connectivity index (χ0v) is 19.6. The number of hydrogen-bond donors (Lipinski definition) is 1. The minimum Gasteiger partial charge on any atom is -0.493 e. The zero-order chi connectivity index (χ0) is 24.4. The number of methoxy groups -OCH3 is 2. The zero-order valence-electron chi connectivity index (χ0n) is 18.8. The van der Waals surface area contributed by atoms with Crippen LogP contribution in [0.2, 0.25) is 5.02 Å². The summed E-state index contributed by atoms with van der Waals surface area (Å²) in [7, 11) is 3.11. The molecule has 1 heterocycles. The molecule has 0 aliphatic carbocycles. The molecule has 0 fully saturated rings. The molecule has 1 amide bonds. The quantitative estimate of drug-likeness (QED) is 0.453. The number of ether oxygens (including phenoxy) is 2. The van der Waals surface area contributed by atoms with E-state index in [1.165, 1.54) is 11.0 Å². The summed E-state index contributed by atoms with van der Waals surface area (Å²) in [5.41, 5.74) is 3.73. The lowest BCUT2D eigenvalue weighted by atomic mass is 10.0. The Hall–Kier alpha value is -4.03. The van der Waals surface area contributed by atoms with Crippen molar-refractivity contribution in [2.75, 3.05) is 19.1 Å². The number of benzene rings is 3. The maximum Gasteiger partial charge on any atom is 0.336 e. The van der Waals surface area contributed by atoms with Crippen molar-refractivity contribution in [3.63, 3.8) is 0 Å². The summed E-state index contributed by atoms with van der Waals surface area (Å²) >= 11 is 6.07. The van der Waals surface area contributed by atoms with Crippen molar-refractivity contribution in [2.45, 2.75) is 6.92 Å². The summed E-state index contributed by atoms with van der Waals surface area (Å²) in [4.78, 5) is 26.9. The number of carbonyl (C=O) groups is 2. The first kappa shape index (κ1) is 23.1. The molecule has 172 valence electrons. The number of halogens is 1. The van der Waals surface area contributed by atoms with Gasteiger partial charge < -0.3 is 14.6 Å². The number of carboxylic acids is 1. The van der Waals surface area contributed by atoms with Crippen molar-refractivity contribution in [3.05, 3.63) is 99.6 Å². The maximum absolute atomic E-state index is 13.6. The van der Waals surface area contributed by atoms with E-state index in [0.717, 1.165) is 11.1 Å². The van der Waals surface area contributed by atoms with Crippen LogP contribution < -0.4 is 14.4 Å². The molecule has 7 heteroatoms. The Balaban J connectivity index is 1.86. The molecule has 3 aromatic rings. The lowest BCUT2D eigenvalue weighted by molar-refractivity contribution is -0.113. The fraction of sp³-hybridized carbons (Fsp3) is 0.111. The number of rotatable bonds is 6. The minimum absolute atomic E-state index is 0.137. The maximum atomic E-state index is 13.6. The molecular weight excluding hydrogens is 454 g/mol. The normalized spacial score (nSPS) is 14.4. The van der Waals surface area contributed by atoms with Gasteiger partial charge in [-0.3, -0.25) is 9.69 Å². The van der Waals surface area contributed by atoms with Crippen LogP contribution in [0.4, 0.5) is 5.69 Å². The van der Waals surface area contributed by atoms with E-state index in [2.05, 4.69) is 0 Å². The Morgan fingerprint density at radius 3 is 2.35 bits per heavy atom. The molecule has 0 saturated carbocycles. The molecule has 0 aromatic heterocycles. The molecule has 4 rings (SSSR count). The van der Waals surface area contributed by atoms with Gasteiger partial charge in [-0.2, -0.15) is 0 Å². The predicted octanol–water partition coefficient (Wildman–Crippen LogP) is 5.84. The van der Waals surface area contributed by atoms with Gasteiger partial charge in [0.2, 0.25) is 0 Å². The summed E-state index contributed by atoms with van der Waals surface area (Å²) in [6, 6.07) is 17.4. The summed E-state index contributed by atoms with van der Waals surface area (Å²) < 4.78 is 10.7. The molecule has 0 atom stereocenters. The van der Waals surface area contributed by atoms with Crippen molar-refractivity contribution in [1.29, 1.82) is 0 Å².